The Hall–Kier alpha value is -1.52. The summed E-state index contributed by atoms with van der Waals surface area (Å²) in [4.78, 5) is 4.01. The zero-order chi connectivity index (χ0) is 13.2. The van der Waals surface area contributed by atoms with Crippen LogP contribution in [0.2, 0.25) is 0 Å². The highest BCUT2D eigenvalue weighted by molar-refractivity contribution is 5.49. The molecule has 0 fully saturated rings. The summed E-state index contributed by atoms with van der Waals surface area (Å²) >= 11 is 0. The number of ether oxygens (including phenoxy) is 1. The van der Waals surface area contributed by atoms with Gasteiger partial charge < -0.3 is 4.74 Å². The topological polar surface area (TPSA) is 21.6 Å². The van der Waals surface area contributed by atoms with Crippen LogP contribution in [0.3, 0.4) is 0 Å². The third-order valence-corrected chi connectivity index (χ3v) is 3.01. The molecule has 1 aliphatic heterocycles. The fourth-order valence-electron chi connectivity index (χ4n) is 1.95. The van der Waals surface area contributed by atoms with Crippen molar-refractivity contribution in [3.63, 3.8) is 0 Å². The molecule has 5 heteroatoms. The molecular weight excluding hydrogens is 243 g/mol. The number of hydrogen-bond donors (Lipinski definition) is 0. The van der Waals surface area contributed by atoms with E-state index in [-0.39, 0.29) is 12.0 Å². The third kappa shape index (κ3) is 3.03. The van der Waals surface area contributed by atoms with Gasteiger partial charge in [-0.1, -0.05) is 19.1 Å². The molecule has 0 amide bonds. The van der Waals surface area contributed by atoms with Gasteiger partial charge >= 0.3 is 6.18 Å². The summed E-state index contributed by atoms with van der Waals surface area (Å²) in [7, 11) is 0. The first-order valence-corrected chi connectivity index (χ1v) is 5.70. The molecule has 2 rings (SSSR count). The standard InChI is InChI=1S/C13H13F3NO/c1-9(6-12-7-18-8-17-12)10-2-4-11(5-3-10)13(14,15)16/h2-5,9,12H,6-7H2,1H3. The van der Waals surface area contributed by atoms with Gasteiger partial charge in [0.1, 0.15) is 6.61 Å². The Balaban J connectivity index is 2.02. The maximum absolute atomic E-state index is 12.4. The van der Waals surface area contributed by atoms with Gasteiger partial charge in [0.25, 0.3) is 6.40 Å². The molecule has 97 valence electrons. The van der Waals surface area contributed by atoms with E-state index in [1.54, 1.807) is 0 Å². The van der Waals surface area contributed by atoms with Crippen LogP contribution in [0.1, 0.15) is 30.4 Å². The highest BCUT2D eigenvalue weighted by Gasteiger charge is 2.30. The van der Waals surface area contributed by atoms with Gasteiger partial charge in [0.15, 0.2) is 0 Å². The van der Waals surface area contributed by atoms with E-state index < -0.39 is 11.7 Å². The summed E-state index contributed by atoms with van der Waals surface area (Å²) < 4.78 is 42.1. The fourth-order valence-corrected chi connectivity index (χ4v) is 1.95. The Kier molecular flexibility index (Phi) is 3.59. The first kappa shape index (κ1) is 12.9. The number of hydrogen-bond acceptors (Lipinski definition) is 2. The quantitative estimate of drug-likeness (QED) is 0.811. The Morgan fingerprint density at radius 1 is 1.39 bits per heavy atom. The molecule has 1 aromatic carbocycles. The van der Waals surface area contributed by atoms with Crippen molar-refractivity contribution in [2.75, 3.05) is 6.61 Å². The van der Waals surface area contributed by atoms with Crippen LogP contribution in [0.4, 0.5) is 13.2 Å². The van der Waals surface area contributed by atoms with Crippen LogP contribution in [-0.4, -0.2) is 19.0 Å². The number of benzene rings is 1. The van der Waals surface area contributed by atoms with Crippen molar-refractivity contribution in [1.82, 2.24) is 0 Å². The van der Waals surface area contributed by atoms with Gasteiger partial charge in [0.05, 0.1) is 11.6 Å². The van der Waals surface area contributed by atoms with Crippen LogP contribution in [0.15, 0.2) is 29.3 Å². The van der Waals surface area contributed by atoms with Gasteiger partial charge in [-0.25, -0.2) is 4.99 Å². The summed E-state index contributed by atoms with van der Waals surface area (Å²) in [5, 5.41) is 0. The molecule has 0 saturated heterocycles. The second kappa shape index (κ2) is 5.00. The zero-order valence-corrected chi connectivity index (χ0v) is 9.87. The van der Waals surface area contributed by atoms with E-state index in [9.17, 15) is 13.2 Å². The van der Waals surface area contributed by atoms with Crippen LogP contribution in [0.25, 0.3) is 0 Å². The molecule has 2 nitrogen and oxygen atoms in total. The number of nitrogens with zero attached hydrogens (tertiary/aromatic N) is 1. The van der Waals surface area contributed by atoms with E-state index in [0.29, 0.717) is 6.61 Å². The summed E-state index contributed by atoms with van der Waals surface area (Å²) in [5.74, 6) is 0.143. The van der Waals surface area contributed by atoms with Crippen molar-refractivity contribution in [1.29, 1.82) is 0 Å². The maximum atomic E-state index is 12.4. The van der Waals surface area contributed by atoms with Gasteiger partial charge in [0, 0.05) is 0 Å². The van der Waals surface area contributed by atoms with Crippen LogP contribution in [-0.2, 0) is 10.9 Å². The normalized spacial score (nSPS) is 20.8. The summed E-state index contributed by atoms with van der Waals surface area (Å²) in [6, 6.07) is 5.34. The Labute approximate surface area is 103 Å². The molecule has 0 saturated carbocycles. The number of halogens is 3. The third-order valence-electron chi connectivity index (χ3n) is 3.01. The van der Waals surface area contributed by atoms with E-state index >= 15 is 0 Å². The molecule has 0 aliphatic carbocycles. The van der Waals surface area contributed by atoms with Crippen molar-refractivity contribution in [2.45, 2.75) is 31.5 Å². The van der Waals surface area contributed by atoms with Gasteiger partial charge in [-0.15, -0.1) is 0 Å². The molecular formula is C13H13F3NO. The van der Waals surface area contributed by atoms with E-state index in [0.717, 1.165) is 24.1 Å². The molecule has 1 aromatic rings. The van der Waals surface area contributed by atoms with Crippen molar-refractivity contribution >= 4 is 6.40 Å². The molecule has 2 atom stereocenters. The minimum absolute atomic E-state index is 0.0577. The smallest absolute Gasteiger partial charge is 0.416 e. The van der Waals surface area contributed by atoms with E-state index in [1.165, 1.54) is 12.1 Å². The van der Waals surface area contributed by atoms with Crippen LogP contribution in [0, 0.1) is 0 Å². The number of rotatable bonds is 3. The van der Waals surface area contributed by atoms with Gasteiger partial charge in [-0.3, -0.25) is 0 Å². The summed E-state index contributed by atoms with van der Waals surface area (Å²) in [5.41, 5.74) is 0.263. The zero-order valence-electron chi connectivity index (χ0n) is 9.87. The van der Waals surface area contributed by atoms with Crippen molar-refractivity contribution in [3.8, 4) is 0 Å². The minimum atomic E-state index is -4.28. The van der Waals surface area contributed by atoms with E-state index in [2.05, 4.69) is 11.4 Å². The average Bonchev–Trinajstić information content (AvgIpc) is 2.81. The Bertz CT molecular complexity index is 425. The lowest BCUT2D eigenvalue weighted by molar-refractivity contribution is -0.137. The average molecular weight is 256 g/mol. The molecule has 1 radical (unpaired) electrons. The van der Waals surface area contributed by atoms with E-state index in [1.807, 2.05) is 6.92 Å². The first-order valence-electron chi connectivity index (χ1n) is 5.70. The van der Waals surface area contributed by atoms with Gasteiger partial charge in [-0.2, -0.15) is 13.2 Å². The highest BCUT2D eigenvalue weighted by atomic mass is 19.4. The lowest BCUT2D eigenvalue weighted by Gasteiger charge is -2.15. The largest absolute Gasteiger partial charge is 0.472 e. The Morgan fingerprint density at radius 3 is 2.56 bits per heavy atom. The molecule has 2 unspecified atom stereocenters. The van der Waals surface area contributed by atoms with Crippen LogP contribution >= 0.6 is 0 Å². The molecule has 0 bridgehead atoms. The second-order valence-corrected chi connectivity index (χ2v) is 4.44. The Morgan fingerprint density at radius 2 is 2.06 bits per heavy atom. The van der Waals surface area contributed by atoms with Crippen LogP contribution in [0.5, 0.6) is 0 Å². The van der Waals surface area contributed by atoms with E-state index in [4.69, 9.17) is 4.74 Å². The first-order chi connectivity index (χ1) is 8.47. The molecule has 0 N–H and O–H groups in total. The number of alkyl halides is 3. The predicted molar refractivity (Wildman–Crippen MR) is 61.7 cm³/mol. The van der Waals surface area contributed by atoms with Crippen molar-refractivity contribution in [2.24, 2.45) is 4.99 Å². The molecule has 1 heterocycles. The molecule has 1 aliphatic rings. The predicted octanol–water partition coefficient (Wildman–Crippen LogP) is 3.50. The van der Waals surface area contributed by atoms with Gasteiger partial charge in [-0.05, 0) is 30.0 Å². The van der Waals surface area contributed by atoms with Crippen molar-refractivity contribution in [3.05, 3.63) is 35.4 Å². The highest BCUT2D eigenvalue weighted by Crippen LogP contribution is 2.31. The second-order valence-electron chi connectivity index (χ2n) is 4.44. The lowest BCUT2D eigenvalue weighted by atomic mass is 9.93. The molecule has 0 aromatic heterocycles. The lowest BCUT2D eigenvalue weighted by Crippen LogP contribution is -2.11. The minimum Gasteiger partial charge on any atom is -0.472 e. The van der Waals surface area contributed by atoms with Gasteiger partial charge in [0.2, 0.25) is 0 Å². The summed E-state index contributed by atoms with van der Waals surface area (Å²) in [6.07, 6.45) is -1.09. The fraction of sp³-hybridized carbons (Fsp3) is 0.462. The number of aliphatic imine (C=N–C) groups is 1. The monoisotopic (exact) mass is 256 g/mol. The molecule has 0 spiro atoms. The van der Waals surface area contributed by atoms with Crippen molar-refractivity contribution < 1.29 is 17.9 Å². The van der Waals surface area contributed by atoms with Crippen LogP contribution < -0.4 is 0 Å². The SMILES string of the molecule is CC(CC1CO[C]=N1)c1ccc(C(F)(F)F)cc1. The summed E-state index contributed by atoms with van der Waals surface area (Å²) in [6.45, 7) is 2.47. The maximum Gasteiger partial charge on any atom is 0.416 e. The molecule has 18 heavy (non-hydrogen) atoms.